The highest BCUT2D eigenvalue weighted by Gasteiger charge is 2.36. The van der Waals surface area contributed by atoms with Crippen LogP contribution in [-0.2, 0) is 0 Å². The van der Waals surface area contributed by atoms with Gasteiger partial charge in [0.15, 0.2) is 0 Å². The number of hydrogen-bond donors (Lipinski definition) is 2. The van der Waals surface area contributed by atoms with Crippen molar-refractivity contribution in [2.75, 3.05) is 19.6 Å². The number of carbonyl (C=O) groups excluding carboxylic acids is 1. The van der Waals surface area contributed by atoms with Crippen molar-refractivity contribution in [1.82, 2.24) is 10.2 Å². The van der Waals surface area contributed by atoms with Crippen LogP contribution in [0.3, 0.4) is 0 Å². The maximum Gasteiger partial charge on any atom is 0.254 e. The number of nitrogens with one attached hydrogen (secondary N) is 1. The summed E-state index contributed by atoms with van der Waals surface area (Å²) in [7, 11) is 0. The van der Waals surface area contributed by atoms with Crippen molar-refractivity contribution in [3.05, 3.63) is 27.3 Å². The van der Waals surface area contributed by atoms with Gasteiger partial charge in [-0.15, -0.1) is 0 Å². The van der Waals surface area contributed by atoms with Crippen molar-refractivity contribution in [1.29, 1.82) is 0 Å². The molecule has 2 fully saturated rings. The largest absolute Gasteiger partial charge is 0.507 e. The van der Waals surface area contributed by atoms with Crippen LogP contribution in [0.25, 0.3) is 0 Å². The number of amides is 1. The molecule has 0 radical (unpaired) electrons. The van der Waals surface area contributed by atoms with E-state index in [0.717, 1.165) is 23.2 Å². The van der Waals surface area contributed by atoms with E-state index in [1.54, 1.807) is 18.2 Å². The second kappa shape index (κ2) is 5.28. The minimum atomic E-state index is 0.0305. The summed E-state index contributed by atoms with van der Waals surface area (Å²) in [4.78, 5) is 14.4. The second-order valence-corrected chi connectivity index (χ2v) is 6.50. The van der Waals surface area contributed by atoms with E-state index < -0.39 is 0 Å². The SMILES string of the molecule is O=C(c1ccc(I)c(O)c1)N1C[C@@H]2CCCN[C@@H]2C1. The number of fused-ring (bicyclic) bond motifs is 1. The van der Waals surface area contributed by atoms with Crippen LogP contribution in [0.1, 0.15) is 23.2 Å². The van der Waals surface area contributed by atoms with E-state index >= 15 is 0 Å². The normalized spacial score (nSPS) is 26.3. The minimum absolute atomic E-state index is 0.0305. The first-order valence-corrected chi connectivity index (χ1v) is 7.74. The molecule has 102 valence electrons. The molecule has 2 N–H and O–H groups in total. The highest BCUT2D eigenvalue weighted by molar-refractivity contribution is 14.1. The smallest absolute Gasteiger partial charge is 0.254 e. The highest BCUT2D eigenvalue weighted by atomic mass is 127. The van der Waals surface area contributed by atoms with Crippen LogP contribution in [-0.4, -0.2) is 41.6 Å². The molecule has 0 aliphatic carbocycles. The molecule has 4 nitrogen and oxygen atoms in total. The van der Waals surface area contributed by atoms with Crippen molar-refractivity contribution < 1.29 is 9.90 Å². The van der Waals surface area contributed by atoms with Crippen LogP contribution in [0.4, 0.5) is 0 Å². The van der Waals surface area contributed by atoms with Crippen LogP contribution < -0.4 is 5.32 Å². The molecule has 1 aromatic carbocycles. The van der Waals surface area contributed by atoms with E-state index in [9.17, 15) is 9.90 Å². The Labute approximate surface area is 126 Å². The average Bonchev–Trinajstić information content (AvgIpc) is 2.85. The Hall–Kier alpha value is -0.820. The Morgan fingerprint density at radius 2 is 2.26 bits per heavy atom. The molecule has 0 spiro atoms. The van der Waals surface area contributed by atoms with Gasteiger partial charge in [0, 0.05) is 24.7 Å². The third kappa shape index (κ3) is 2.58. The zero-order chi connectivity index (χ0) is 13.4. The lowest BCUT2D eigenvalue weighted by molar-refractivity contribution is 0.0785. The van der Waals surface area contributed by atoms with E-state index in [-0.39, 0.29) is 11.7 Å². The summed E-state index contributed by atoms with van der Waals surface area (Å²) < 4.78 is 0.769. The standard InChI is InChI=1S/C14H17IN2O2/c15-11-4-3-9(6-13(11)18)14(19)17-7-10-2-1-5-16-12(10)8-17/h3-4,6,10,12,16,18H,1-2,5,7-8H2/t10-,12+/m0/s1. The molecule has 1 aromatic rings. The van der Waals surface area contributed by atoms with Crippen LogP contribution in [0, 0.1) is 9.49 Å². The van der Waals surface area contributed by atoms with Gasteiger partial charge in [-0.2, -0.15) is 0 Å². The van der Waals surface area contributed by atoms with Crippen molar-refractivity contribution in [2.24, 2.45) is 5.92 Å². The molecule has 2 aliphatic rings. The van der Waals surface area contributed by atoms with Gasteiger partial charge in [0.2, 0.25) is 0 Å². The summed E-state index contributed by atoms with van der Waals surface area (Å²) in [5.41, 5.74) is 0.580. The number of carbonyl (C=O) groups is 1. The van der Waals surface area contributed by atoms with E-state index in [4.69, 9.17) is 0 Å². The Morgan fingerprint density at radius 3 is 3.00 bits per heavy atom. The molecule has 5 heteroatoms. The maximum absolute atomic E-state index is 12.4. The van der Waals surface area contributed by atoms with Gasteiger partial charge < -0.3 is 15.3 Å². The monoisotopic (exact) mass is 372 g/mol. The number of phenols is 1. The molecule has 2 saturated heterocycles. The predicted octanol–water partition coefficient (Wildman–Crippen LogP) is 1.82. The number of rotatable bonds is 1. The zero-order valence-electron chi connectivity index (χ0n) is 10.6. The number of piperidine rings is 1. The summed E-state index contributed by atoms with van der Waals surface area (Å²) in [5, 5.41) is 13.2. The van der Waals surface area contributed by atoms with Crippen molar-refractivity contribution in [3.63, 3.8) is 0 Å². The van der Waals surface area contributed by atoms with Gasteiger partial charge in [0.25, 0.3) is 5.91 Å². The lowest BCUT2D eigenvalue weighted by Gasteiger charge is -2.24. The molecule has 2 atom stereocenters. The summed E-state index contributed by atoms with van der Waals surface area (Å²) in [5.74, 6) is 0.805. The third-order valence-corrected chi connectivity index (χ3v) is 4.99. The van der Waals surface area contributed by atoms with E-state index in [0.29, 0.717) is 17.5 Å². The Morgan fingerprint density at radius 1 is 1.42 bits per heavy atom. The van der Waals surface area contributed by atoms with Gasteiger partial charge in [0.05, 0.1) is 3.57 Å². The quantitative estimate of drug-likeness (QED) is 0.740. The summed E-state index contributed by atoms with van der Waals surface area (Å²) in [6.45, 7) is 2.69. The predicted molar refractivity (Wildman–Crippen MR) is 81.2 cm³/mol. The fraction of sp³-hybridized carbons (Fsp3) is 0.500. The van der Waals surface area contributed by atoms with Gasteiger partial charge in [-0.3, -0.25) is 4.79 Å². The van der Waals surface area contributed by atoms with Gasteiger partial charge in [-0.25, -0.2) is 0 Å². The Balaban J connectivity index is 1.75. The summed E-state index contributed by atoms with van der Waals surface area (Å²) in [6.07, 6.45) is 2.41. The van der Waals surface area contributed by atoms with Crippen LogP contribution in [0.2, 0.25) is 0 Å². The van der Waals surface area contributed by atoms with Gasteiger partial charge in [-0.05, 0) is 66.1 Å². The third-order valence-electron chi connectivity index (χ3n) is 4.08. The first-order valence-electron chi connectivity index (χ1n) is 6.66. The number of phenolic OH excluding ortho intramolecular Hbond substituents is 1. The van der Waals surface area contributed by atoms with Gasteiger partial charge in [0.1, 0.15) is 5.75 Å². The molecule has 3 rings (SSSR count). The fourth-order valence-electron chi connectivity index (χ4n) is 3.04. The molecule has 0 aromatic heterocycles. The van der Waals surface area contributed by atoms with E-state index in [2.05, 4.69) is 27.9 Å². The van der Waals surface area contributed by atoms with Crippen LogP contribution in [0.5, 0.6) is 5.75 Å². The van der Waals surface area contributed by atoms with Crippen LogP contribution >= 0.6 is 22.6 Å². The van der Waals surface area contributed by atoms with E-state index in [1.165, 1.54) is 12.8 Å². The summed E-state index contributed by atoms with van der Waals surface area (Å²) >= 11 is 2.05. The molecule has 2 aliphatic heterocycles. The number of hydrogen-bond acceptors (Lipinski definition) is 3. The molecule has 0 bridgehead atoms. The van der Waals surface area contributed by atoms with Crippen molar-refractivity contribution >= 4 is 28.5 Å². The van der Waals surface area contributed by atoms with E-state index in [1.807, 2.05) is 4.90 Å². The first kappa shape index (κ1) is 13.2. The Kier molecular flexibility index (Phi) is 3.66. The second-order valence-electron chi connectivity index (χ2n) is 5.34. The highest BCUT2D eigenvalue weighted by Crippen LogP contribution is 2.27. The number of likely N-dealkylation sites (tertiary alicyclic amines) is 1. The molecule has 0 saturated carbocycles. The topological polar surface area (TPSA) is 52.6 Å². The number of benzene rings is 1. The lowest BCUT2D eigenvalue weighted by Crippen LogP contribution is -2.41. The van der Waals surface area contributed by atoms with Gasteiger partial charge in [-0.1, -0.05) is 0 Å². The fourth-order valence-corrected chi connectivity index (χ4v) is 3.38. The minimum Gasteiger partial charge on any atom is -0.507 e. The Bertz CT molecular complexity index is 492. The van der Waals surface area contributed by atoms with Crippen molar-refractivity contribution in [3.8, 4) is 5.75 Å². The molecular formula is C14H17IN2O2. The number of aromatic hydroxyl groups is 1. The van der Waals surface area contributed by atoms with Crippen LogP contribution in [0.15, 0.2) is 18.2 Å². The number of halogens is 1. The molecular weight excluding hydrogens is 355 g/mol. The average molecular weight is 372 g/mol. The molecule has 19 heavy (non-hydrogen) atoms. The maximum atomic E-state index is 12.4. The zero-order valence-corrected chi connectivity index (χ0v) is 12.8. The first-order chi connectivity index (χ1) is 9.15. The molecule has 1 amide bonds. The molecule has 2 heterocycles. The number of nitrogens with zero attached hydrogens (tertiary/aromatic N) is 1. The van der Waals surface area contributed by atoms with Crippen molar-refractivity contribution in [2.45, 2.75) is 18.9 Å². The summed E-state index contributed by atoms with van der Waals surface area (Å²) in [6, 6.07) is 5.60. The molecule has 0 unspecified atom stereocenters. The van der Waals surface area contributed by atoms with Gasteiger partial charge >= 0.3 is 0 Å². The lowest BCUT2D eigenvalue weighted by atomic mass is 9.94.